The summed E-state index contributed by atoms with van der Waals surface area (Å²) in [6, 6.07) is 12.1. The molecule has 1 heterocycles. The summed E-state index contributed by atoms with van der Waals surface area (Å²) in [5, 5.41) is 11.4. The molecule has 0 amide bonds. The summed E-state index contributed by atoms with van der Waals surface area (Å²) >= 11 is 0. The SMILES string of the molecule is Cc1ccc(-n2nnnc2-c2ccc(N)cc2F)cc1. The van der Waals surface area contributed by atoms with Crippen LogP contribution in [0.25, 0.3) is 17.1 Å². The van der Waals surface area contributed by atoms with Gasteiger partial charge in [-0.2, -0.15) is 4.68 Å². The monoisotopic (exact) mass is 269 g/mol. The maximum Gasteiger partial charge on any atom is 0.190 e. The second kappa shape index (κ2) is 4.73. The first-order valence-corrected chi connectivity index (χ1v) is 6.06. The van der Waals surface area contributed by atoms with E-state index < -0.39 is 5.82 Å². The number of aryl methyl sites for hydroxylation is 1. The third-order valence-corrected chi connectivity index (χ3v) is 2.98. The molecule has 0 unspecified atom stereocenters. The van der Waals surface area contributed by atoms with Crippen LogP contribution in [0, 0.1) is 12.7 Å². The van der Waals surface area contributed by atoms with Gasteiger partial charge in [-0.1, -0.05) is 17.7 Å². The van der Waals surface area contributed by atoms with Crippen molar-refractivity contribution in [2.75, 3.05) is 5.73 Å². The van der Waals surface area contributed by atoms with E-state index in [4.69, 9.17) is 5.73 Å². The lowest BCUT2D eigenvalue weighted by atomic mass is 10.1. The lowest BCUT2D eigenvalue weighted by Gasteiger charge is -2.06. The molecule has 1 aromatic heterocycles. The van der Waals surface area contributed by atoms with Crippen LogP contribution in [0.4, 0.5) is 10.1 Å². The van der Waals surface area contributed by atoms with Crippen LogP contribution >= 0.6 is 0 Å². The quantitative estimate of drug-likeness (QED) is 0.725. The van der Waals surface area contributed by atoms with Crippen LogP contribution in [0.1, 0.15) is 5.56 Å². The van der Waals surface area contributed by atoms with Crippen LogP contribution in [0.2, 0.25) is 0 Å². The van der Waals surface area contributed by atoms with E-state index in [1.807, 2.05) is 31.2 Å². The van der Waals surface area contributed by atoms with E-state index in [0.717, 1.165) is 11.3 Å². The number of rotatable bonds is 2. The minimum absolute atomic E-state index is 0.310. The molecule has 100 valence electrons. The molecule has 0 spiro atoms. The fourth-order valence-electron chi connectivity index (χ4n) is 1.93. The van der Waals surface area contributed by atoms with Gasteiger partial charge in [0.1, 0.15) is 5.82 Å². The first kappa shape index (κ1) is 12.3. The highest BCUT2D eigenvalue weighted by Crippen LogP contribution is 2.24. The molecule has 0 aliphatic rings. The summed E-state index contributed by atoms with van der Waals surface area (Å²) in [5.41, 5.74) is 8.12. The summed E-state index contributed by atoms with van der Waals surface area (Å²) < 4.78 is 15.5. The number of nitrogens with two attached hydrogens (primary N) is 1. The van der Waals surface area contributed by atoms with E-state index in [0.29, 0.717) is 17.1 Å². The minimum atomic E-state index is -0.451. The Hall–Kier alpha value is -2.76. The highest BCUT2D eigenvalue weighted by molar-refractivity contribution is 5.61. The largest absolute Gasteiger partial charge is 0.399 e. The van der Waals surface area contributed by atoms with Gasteiger partial charge in [0.25, 0.3) is 0 Å². The third-order valence-electron chi connectivity index (χ3n) is 2.98. The third kappa shape index (κ3) is 2.11. The zero-order valence-electron chi connectivity index (χ0n) is 10.8. The second-order valence-electron chi connectivity index (χ2n) is 4.49. The average molecular weight is 269 g/mol. The summed E-state index contributed by atoms with van der Waals surface area (Å²) in [5.74, 6) is -0.112. The number of aromatic nitrogens is 4. The molecular formula is C14H12FN5. The van der Waals surface area contributed by atoms with Crippen molar-refractivity contribution in [1.82, 2.24) is 20.2 Å². The molecule has 20 heavy (non-hydrogen) atoms. The van der Waals surface area contributed by atoms with Gasteiger partial charge in [-0.15, -0.1) is 5.10 Å². The molecule has 3 rings (SSSR count). The van der Waals surface area contributed by atoms with Gasteiger partial charge in [0.15, 0.2) is 5.82 Å². The highest BCUT2D eigenvalue weighted by atomic mass is 19.1. The van der Waals surface area contributed by atoms with Gasteiger partial charge in [0.05, 0.1) is 11.3 Å². The summed E-state index contributed by atoms with van der Waals surface area (Å²) in [7, 11) is 0. The normalized spacial score (nSPS) is 10.7. The maximum absolute atomic E-state index is 14.0. The summed E-state index contributed by atoms with van der Waals surface area (Å²) in [4.78, 5) is 0. The first-order valence-electron chi connectivity index (χ1n) is 6.06. The number of tetrazole rings is 1. The maximum atomic E-state index is 14.0. The number of hydrogen-bond acceptors (Lipinski definition) is 4. The molecular weight excluding hydrogens is 257 g/mol. The zero-order valence-corrected chi connectivity index (χ0v) is 10.8. The average Bonchev–Trinajstić information content (AvgIpc) is 2.88. The minimum Gasteiger partial charge on any atom is -0.399 e. The standard InChI is InChI=1S/C14H12FN5/c1-9-2-5-11(6-3-9)20-14(17-18-19-20)12-7-4-10(16)8-13(12)15/h2-8H,16H2,1H3. The molecule has 0 aliphatic heterocycles. The number of halogens is 1. The van der Waals surface area contributed by atoms with E-state index in [1.165, 1.54) is 10.7 Å². The van der Waals surface area contributed by atoms with Crippen LogP contribution < -0.4 is 5.73 Å². The van der Waals surface area contributed by atoms with E-state index >= 15 is 0 Å². The van der Waals surface area contributed by atoms with Crippen LogP contribution in [0.5, 0.6) is 0 Å². The lowest BCUT2D eigenvalue weighted by Crippen LogP contribution is -2.01. The smallest absolute Gasteiger partial charge is 0.190 e. The molecule has 2 N–H and O–H groups in total. The van der Waals surface area contributed by atoms with E-state index in [2.05, 4.69) is 15.5 Å². The predicted octanol–water partition coefficient (Wildman–Crippen LogP) is 2.36. The van der Waals surface area contributed by atoms with Crippen molar-refractivity contribution in [3.63, 3.8) is 0 Å². The van der Waals surface area contributed by atoms with Crippen molar-refractivity contribution in [2.24, 2.45) is 0 Å². The van der Waals surface area contributed by atoms with Crippen LogP contribution in [-0.4, -0.2) is 20.2 Å². The van der Waals surface area contributed by atoms with Gasteiger partial charge >= 0.3 is 0 Å². The molecule has 0 saturated carbocycles. The van der Waals surface area contributed by atoms with Crippen LogP contribution in [0.15, 0.2) is 42.5 Å². The Morgan fingerprint density at radius 1 is 1.10 bits per heavy atom. The van der Waals surface area contributed by atoms with Gasteiger partial charge in [-0.3, -0.25) is 0 Å². The molecule has 6 heteroatoms. The zero-order chi connectivity index (χ0) is 14.1. The number of nitrogens with zero attached hydrogens (tertiary/aromatic N) is 4. The van der Waals surface area contributed by atoms with Crippen molar-refractivity contribution >= 4 is 5.69 Å². The Morgan fingerprint density at radius 2 is 1.85 bits per heavy atom. The highest BCUT2D eigenvalue weighted by Gasteiger charge is 2.14. The molecule has 0 bridgehead atoms. The van der Waals surface area contributed by atoms with Gasteiger partial charge in [0, 0.05) is 5.69 Å². The number of hydrogen-bond donors (Lipinski definition) is 1. The van der Waals surface area contributed by atoms with E-state index in [-0.39, 0.29) is 0 Å². The molecule has 0 fully saturated rings. The van der Waals surface area contributed by atoms with Crippen molar-refractivity contribution < 1.29 is 4.39 Å². The predicted molar refractivity (Wildman–Crippen MR) is 73.7 cm³/mol. The summed E-state index contributed by atoms with van der Waals surface area (Å²) in [6.07, 6.45) is 0. The molecule has 0 aliphatic carbocycles. The number of benzene rings is 2. The van der Waals surface area contributed by atoms with E-state index in [1.54, 1.807) is 12.1 Å². The van der Waals surface area contributed by atoms with Crippen molar-refractivity contribution in [3.05, 3.63) is 53.8 Å². The Labute approximate surface area is 114 Å². The van der Waals surface area contributed by atoms with Crippen LogP contribution in [-0.2, 0) is 0 Å². The van der Waals surface area contributed by atoms with Gasteiger partial charge < -0.3 is 5.73 Å². The first-order chi connectivity index (χ1) is 9.65. The Kier molecular flexibility index (Phi) is 2.90. The van der Waals surface area contributed by atoms with Crippen molar-refractivity contribution in [1.29, 1.82) is 0 Å². The fraction of sp³-hybridized carbons (Fsp3) is 0.0714. The molecule has 0 saturated heterocycles. The number of nitrogen functional groups attached to an aromatic ring is 1. The molecule has 0 atom stereocenters. The lowest BCUT2D eigenvalue weighted by molar-refractivity contribution is 0.629. The molecule has 3 aromatic rings. The van der Waals surface area contributed by atoms with E-state index in [9.17, 15) is 4.39 Å². The Bertz CT molecular complexity index is 749. The molecule has 2 aromatic carbocycles. The Balaban J connectivity index is 2.12. The van der Waals surface area contributed by atoms with Crippen LogP contribution in [0.3, 0.4) is 0 Å². The van der Waals surface area contributed by atoms with Gasteiger partial charge in [-0.25, -0.2) is 4.39 Å². The Morgan fingerprint density at radius 3 is 2.55 bits per heavy atom. The van der Waals surface area contributed by atoms with Crippen molar-refractivity contribution in [2.45, 2.75) is 6.92 Å². The molecule has 0 radical (unpaired) electrons. The molecule has 5 nitrogen and oxygen atoms in total. The van der Waals surface area contributed by atoms with Crippen molar-refractivity contribution in [3.8, 4) is 17.1 Å². The number of anilines is 1. The fourth-order valence-corrected chi connectivity index (χ4v) is 1.93. The van der Waals surface area contributed by atoms with Gasteiger partial charge in [-0.05, 0) is 47.7 Å². The van der Waals surface area contributed by atoms with Gasteiger partial charge in [0.2, 0.25) is 0 Å². The topological polar surface area (TPSA) is 69.6 Å². The summed E-state index contributed by atoms with van der Waals surface area (Å²) in [6.45, 7) is 1.99. The second-order valence-corrected chi connectivity index (χ2v) is 4.49.